The molecule has 0 aliphatic heterocycles. The van der Waals surface area contributed by atoms with Crippen LogP contribution >= 0.6 is 15.9 Å². The molecule has 21 heavy (non-hydrogen) atoms. The fourth-order valence-corrected chi connectivity index (χ4v) is 3.58. The van der Waals surface area contributed by atoms with Crippen LogP contribution in [0.4, 0.5) is 0 Å². The molecule has 6 nitrogen and oxygen atoms in total. The van der Waals surface area contributed by atoms with Crippen molar-refractivity contribution in [1.82, 2.24) is 9.62 Å². The van der Waals surface area contributed by atoms with E-state index in [0.29, 0.717) is 11.1 Å². The Morgan fingerprint density at radius 3 is 2.57 bits per heavy atom. The number of amides is 1. The first-order chi connectivity index (χ1) is 9.69. The van der Waals surface area contributed by atoms with Crippen LogP contribution in [0.25, 0.3) is 0 Å². The monoisotopic (exact) mass is 378 g/mol. The van der Waals surface area contributed by atoms with Crippen molar-refractivity contribution in [2.24, 2.45) is 0 Å². The van der Waals surface area contributed by atoms with Gasteiger partial charge in [-0.05, 0) is 32.0 Å². The third kappa shape index (κ3) is 4.69. The lowest BCUT2D eigenvalue weighted by atomic mass is 10.3. The van der Waals surface area contributed by atoms with Crippen LogP contribution in [0.1, 0.15) is 13.8 Å². The number of benzene rings is 1. The molecule has 118 valence electrons. The predicted octanol–water partition coefficient (Wildman–Crippen LogP) is 1.60. The first kappa shape index (κ1) is 17.9. The van der Waals surface area contributed by atoms with Gasteiger partial charge in [0.15, 0.2) is 0 Å². The molecular weight excluding hydrogens is 360 g/mol. The highest BCUT2D eigenvalue weighted by atomic mass is 79.9. The van der Waals surface area contributed by atoms with Crippen molar-refractivity contribution in [3.8, 4) is 5.75 Å². The van der Waals surface area contributed by atoms with Crippen molar-refractivity contribution >= 4 is 31.9 Å². The molecule has 1 rings (SSSR count). The second-order valence-electron chi connectivity index (χ2n) is 4.60. The van der Waals surface area contributed by atoms with Gasteiger partial charge in [-0.3, -0.25) is 4.79 Å². The maximum absolute atomic E-state index is 12.4. The molecule has 0 unspecified atom stereocenters. The van der Waals surface area contributed by atoms with Crippen molar-refractivity contribution in [3.05, 3.63) is 22.7 Å². The Balaban J connectivity index is 3.13. The minimum atomic E-state index is -3.87. The number of hydrogen-bond donors (Lipinski definition) is 1. The fourth-order valence-electron chi connectivity index (χ4n) is 1.70. The number of hydrogen-bond acceptors (Lipinski definition) is 4. The van der Waals surface area contributed by atoms with E-state index in [1.807, 2.05) is 0 Å². The maximum atomic E-state index is 12.4. The van der Waals surface area contributed by atoms with Gasteiger partial charge < -0.3 is 9.64 Å². The Morgan fingerprint density at radius 1 is 1.43 bits per heavy atom. The van der Waals surface area contributed by atoms with Crippen LogP contribution in [-0.4, -0.2) is 46.0 Å². The molecule has 0 aliphatic rings. The van der Waals surface area contributed by atoms with E-state index in [-0.39, 0.29) is 16.6 Å². The molecule has 1 amide bonds. The highest BCUT2D eigenvalue weighted by Gasteiger charge is 2.26. The molecule has 0 aromatic heterocycles. The molecule has 1 aromatic carbocycles. The van der Waals surface area contributed by atoms with Gasteiger partial charge in [0.1, 0.15) is 10.6 Å². The molecule has 1 atom stereocenters. The van der Waals surface area contributed by atoms with E-state index in [0.717, 1.165) is 0 Å². The first-order valence-electron chi connectivity index (χ1n) is 6.35. The lowest BCUT2D eigenvalue weighted by Crippen LogP contribution is -2.44. The van der Waals surface area contributed by atoms with Gasteiger partial charge in [-0.25, -0.2) is 8.42 Å². The largest absolute Gasteiger partial charge is 0.492 e. The standard InChI is InChI=1S/C13H19BrN2O4S/c1-5-20-11-7-6-10(14)8-12(11)21(18,19)15-9(2)13(17)16(3)4/h6-9,15H,5H2,1-4H3/t9-/m1/s1. The van der Waals surface area contributed by atoms with Crippen LogP contribution in [0.3, 0.4) is 0 Å². The van der Waals surface area contributed by atoms with Crippen molar-refractivity contribution in [3.63, 3.8) is 0 Å². The second kappa shape index (κ2) is 7.24. The van der Waals surface area contributed by atoms with Gasteiger partial charge >= 0.3 is 0 Å². The van der Waals surface area contributed by atoms with Crippen LogP contribution in [-0.2, 0) is 14.8 Å². The Morgan fingerprint density at radius 2 is 2.05 bits per heavy atom. The normalized spacial score (nSPS) is 12.8. The highest BCUT2D eigenvalue weighted by molar-refractivity contribution is 9.10. The Hall–Kier alpha value is -1.12. The third-order valence-electron chi connectivity index (χ3n) is 2.64. The van der Waals surface area contributed by atoms with Crippen LogP contribution < -0.4 is 9.46 Å². The summed E-state index contributed by atoms with van der Waals surface area (Å²) in [4.78, 5) is 13.1. The van der Waals surface area contributed by atoms with Crippen molar-refractivity contribution in [2.75, 3.05) is 20.7 Å². The van der Waals surface area contributed by atoms with Crippen molar-refractivity contribution in [2.45, 2.75) is 24.8 Å². The average Bonchev–Trinajstić information content (AvgIpc) is 2.39. The van der Waals surface area contributed by atoms with E-state index in [2.05, 4.69) is 20.7 Å². The van der Waals surface area contributed by atoms with E-state index < -0.39 is 16.1 Å². The van der Waals surface area contributed by atoms with E-state index in [1.54, 1.807) is 33.2 Å². The zero-order valence-electron chi connectivity index (χ0n) is 12.4. The summed E-state index contributed by atoms with van der Waals surface area (Å²) >= 11 is 3.24. The van der Waals surface area contributed by atoms with Crippen LogP contribution in [0.2, 0.25) is 0 Å². The summed E-state index contributed by atoms with van der Waals surface area (Å²) in [6, 6.07) is 3.84. The molecule has 0 radical (unpaired) electrons. The highest BCUT2D eigenvalue weighted by Crippen LogP contribution is 2.27. The molecule has 1 N–H and O–H groups in total. The number of rotatable bonds is 6. The zero-order valence-corrected chi connectivity index (χ0v) is 14.8. The smallest absolute Gasteiger partial charge is 0.245 e. The molecular formula is C13H19BrN2O4S. The van der Waals surface area contributed by atoms with Crippen LogP contribution in [0.15, 0.2) is 27.6 Å². The van der Waals surface area contributed by atoms with Gasteiger partial charge in [0, 0.05) is 18.6 Å². The molecule has 0 heterocycles. The minimum absolute atomic E-state index is 0.00266. The number of nitrogens with zero attached hydrogens (tertiary/aromatic N) is 1. The lowest BCUT2D eigenvalue weighted by molar-refractivity contribution is -0.130. The summed E-state index contributed by atoms with van der Waals surface area (Å²) in [5.74, 6) is -0.0794. The van der Waals surface area contributed by atoms with Gasteiger partial charge in [0.05, 0.1) is 12.6 Å². The summed E-state index contributed by atoms with van der Waals surface area (Å²) in [6.45, 7) is 3.61. The molecule has 0 bridgehead atoms. The molecule has 0 aliphatic carbocycles. The van der Waals surface area contributed by atoms with Crippen LogP contribution in [0.5, 0.6) is 5.75 Å². The number of nitrogens with one attached hydrogen (secondary N) is 1. The van der Waals surface area contributed by atoms with Crippen LogP contribution in [0, 0.1) is 0 Å². The van der Waals surface area contributed by atoms with Gasteiger partial charge in [-0.15, -0.1) is 0 Å². The number of carbonyl (C=O) groups is 1. The number of sulfonamides is 1. The minimum Gasteiger partial charge on any atom is -0.492 e. The summed E-state index contributed by atoms with van der Waals surface area (Å²) in [7, 11) is -0.731. The molecule has 8 heteroatoms. The molecule has 1 aromatic rings. The van der Waals surface area contributed by atoms with Crippen molar-refractivity contribution in [1.29, 1.82) is 0 Å². The van der Waals surface area contributed by atoms with Crippen molar-refractivity contribution < 1.29 is 17.9 Å². The van der Waals surface area contributed by atoms with E-state index in [1.165, 1.54) is 17.9 Å². The Bertz CT molecular complexity index is 617. The quantitative estimate of drug-likeness (QED) is 0.815. The Kier molecular flexibility index (Phi) is 6.18. The van der Waals surface area contributed by atoms with Gasteiger partial charge in [0.25, 0.3) is 0 Å². The lowest BCUT2D eigenvalue weighted by Gasteiger charge is -2.19. The third-order valence-corrected chi connectivity index (χ3v) is 4.69. The summed E-state index contributed by atoms with van der Waals surface area (Å²) in [6.07, 6.45) is 0. The van der Waals surface area contributed by atoms with Gasteiger partial charge in [-0.2, -0.15) is 4.72 Å². The number of halogens is 1. The topological polar surface area (TPSA) is 75.7 Å². The fraction of sp³-hybridized carbons (Fsp3) is 0.462. The maximum Gasteiger partial charge on any atom is 0.245 e. The SMILES string of the molecule is CCOc1ccc(Br)cc1S(=O)(=O)N[C@H](C)C(=O)N(C)C. The summed E-state index contributed by atoms with van der Waals surface area (Å²) < 4.78 is 33.2. The molecule has 0 spiro atoms. The number of likely N-dealkylation sites (N-methyl/N-ethyl adjacent to an activating group) is 1. The van der Waals surface area contributed by atoms with Gasteiger partial charge in [0.2, 0.25) is 15.9 Å². The van der Waals surface area contributed by atoms with Gasteiger partial charge in [-0.1, -0.05) is 15.9 Å². The van der Waals surface area contributed by atoms with E-state index >= 15 is 0 Å². The first-order valence-corrected chi connectivity index (χ1v) is 8.62. The molecule has 0 fully saturated rings. The summed E-state index contributed by atoms with van der Waals surface area (Å²) in [5, 5.41) is 0. The van der Waals surface area contributed by atoms with E-state index in [4.69, 9.17) is 4.74 Å². The zero-order chi connectivity index (χ0) is 16.2. The van der Waals surface area contributed by atoms with E-state index in [9.17, 15) is 13.2 Å². The Labute approximate surface area is 133 Å². The molecule has 0 saturated carbocycles. The molecule has 0 saturated heterocycles. The number of carbonyl (C=O) groups excluding carboxylic acids is 1. The second-order valence-corrected chi connectivity index (χ2v) is 7.20. The predicted molar refractivity (Wildman–Crippen MR) is 83.8 cm³/mol. The average molecular weight is 379 g/mol. The summed E-state index contributed by atoms with van der Waals surface area (Å²) in [5.41, 5.74) is 0. The number of ether oxygens (including phenoxy) is 1.